The SMILES string of the molecule is CCCc1c(CN)nnn1Cc1ccccc1C. The predicted octanol–water partition coefficient (Wildman–Crippen LogP) is 2.05. The number of hydrogen-bond donors (Lipinski definition) is 1. The topological polar surface area (TPSA) is 56.7 Å². The van der Waals surface area contributed by atoms with Gasteiger partial charge in [-0.05, 0) is 24.5 Å². The van der Waals surface area contributed by atoms with Crippen LogP contribution in [0, 0.1) is 6.92 Å². The Hall–Kier alpha value is -1.68. The summed E-state index contributed by atoms with van der Waals surface area (Å²) in [5, 5.41) is 8.40. The summed E-state index contributed by atoms with van der Waals surface area (Å²) in [5.74, 6) is 0. The Morgan fingerprint density at radius 1 is 1.28 bits per heavy atom. The molecule has 4 nitrogen and oxygen atoms in total. The van der Waals surface area contributed by atoms with Gasteiger partial charge in [0.05, 0.1) is 17.9 Å². The summed E-state index contributed by atoms with van der Waals surface area (Å²) in [6, 6.07) is 8.37. The molecule has 2 rings (SSSR count). The van der Waals surface area contributed by atoms with E-state index in [-0.39, 0.29) is 0 Å². The molecule has 2 N–H and O–H groups in total. The van der Waals surface area contributed by atoms with Crippen LogP contribution in [0.3, 0.4) is 0 Å². The third-order valence-corrected chi connectivity index (χ3v) is 3.18. The zero-order valence-electron chi connectivity index (χ0n) is 11.1. The maximum atomic E-state index is 5.70. The second kappa shape index (κ2) is 5.78. The van der Waals surface area contributed by atoms with Crippen molar-refractivity contribution in [2.45, 2.75) is 39.8 Å². The molecule has 0 aliphatic rings. The van der Waals surface area contributed by atoms with Gasteiger partial charge >= 0.3 is 0 Å². The summed E-state index contributed by atoms with van der Waals surface area (Å²) < 4.78 is 1.98. The first-order valence-corrected chi connectivity index (χ1v) is 6.42. The van der Waals surface area contributed by atoms with Gasteiger partial charge in [-0.25, -0.2) is 4.68 Å². The molecule has 2 aromatic rings. The summed E-state index contributed by atoms with van der Waals surface area (Å²) in [7, 11) is 0. The van der Waals surface area contributed by atoms with E-state index in [1.165, 1.54) is 16.8 Å². The number of aromatic nitrogens is 3. The lowest BCUT2D eigenvalue weighted by Gasteiger charge is -2.09. The lowest BCUT2D eigenvalue weighted by molar-refractivity contribution is 0.611. The highest BCUT2D eigenvalue weighted by Crippen LogP contribution is 2.13. The Kier molecular flexibility index (Phi) is 4.10. The normalized spacial score (nSPS) is 10.8. The second-order valence-electron chi connectivity index (χ2n) is 4.52. The lowest BCUT2D eigenvalue weighted by Crippen LogP contribution is -2.09. The minimum atomic E-state index is 0.461. The van der Waals surface area contributed by atoms with Crippen molar-refractivity contribution < 1.29 is 0 Å². The molecule has 0 saturated heterocycles. The van der Waals surface area contributed by atoms with Gasteiger partial charge in [0.1, 0.15) is 0 Å². The summed E-state index contributed by atoms with van der Waals surface area (Å²) in [6.45, 7) is 5.51. The molecule has 1 aromatic heterocycles. The van der Waals surface area contributed by atoms with Gasteiger partial charge in [-0.1, -0.05) is 42.8 Å². The molecule has 0 spiro atoms. The molecule has 0 amide bonds. The zero-order chi connectivity index (χ0) is 13.0. The molecular formula is C14H20N4. The van der Waals surface area contributed by atoms with Crippen LogP contribution in [0.1, 0.15) is 35.9 Å². The van der Waals surface area contributed by atoms with Crippen molar-refractivity contribution in [1.82, 2.24) is 15.0 Å². The highest BCUT2D eigenvalue weighted by molar-refractivity contribution is 5.26. The average molecular weight is 244 g/mol. The fourth-order valence-electron chi connectivity index (χ4n) is 2.11. The highest BCUT2D eigenvalue weighted by Gasteiger charge is 2.11. The van der Waals surface area contributed by atoms with Crippen molar-refractivity contribution in [2.24, 2.45) is 5.73 Å². The summed E-state index contributed by atoms with van der Waals surface area (Å²) in [5.41, 5.74) is 10.4. The monoisotopic (exact) mass is 244 g/mol. The molecule has 0 unspecified atom stereocenters. The van der Waals surface area contributed by atoms with Crippen LogP contribution < -0.4 is 5.73 Å². The first kappa shape index (κ1) is 12.8. The standard InChI is InChI=1S/C14H20N4/c1-3-6-14-13(9-15)16-17-18(14)10-12-8-5-4-7-11(12)2/h4-5,7-8H,3,6,9-10,15H2,1-2H3. The third-order valence-electron chi connectivity index (χ3n) is 3.18. The van der Waals surface area contributed by atoms with Crippen LogP contribution in [0.25, 0.3) is 0 Å². The van der Waals surface area contributed by atoms with E-state index in [0.29, 0.717) is 6.54 Å². The Morgan fingerprint density at radius 3 is 2.72 bits per heavy atom. The Labute approximate surface area is 108 Å². The molecular weight excluding hydrogens is 224 g/mol. The van der Waals surface area contributed by atoms with Gasteiger partial charge in [-0.3, -0.25) is 0 Å². The van der Waals surface area contributed by atoms with E-state index in [2.05, 4.69) is 48.4 Å². The van der Waals surface area contributed by atoms with E-state index < -0.39 is 0 Å². The van der Waals surface area contributed by atoms with E-state index >= 15 is 0 Å². The van der Waals surface area contributed by atoms with E-state index in [9.17, 15) is 0 Å². The fourth-order valence-corrected chi connectivity index (χ4v) is 2.11. The molecule has 0 aliphatic heterocycles. The van der Waals surface area contributed by atoms with Gasteiger partial charge in [0.15, 0.2) is 0 Å². The third kappa shape index (κ3) is 2.59. The molecule has 0 fully saturated rings. The Balaban J connectivity index is 2.29. The van der Waals surface area contributed by atoms with Crippen LogP contribution in [0.4, 0.5) is 0 Å². The number of nitrogens with zero attached hydrogens (tertiary/aromatic N) is 3. The molecule has 18 heavy (non-hydrogen) atoms. The van der Waals surface area contributed by atoms with E-state index in [1.807, 2.05) is 4.68 Å². The molecule has 4 heteroatoms. The number of hydrogen-bond acceptors (Lipinski definition) is 3. The van der Waals surface area contributed by atoms with Crippen LogP contribution in [-0.2, 0) is 19.5 Å². The van der Waals surface area contributed by atoms with Crippen LogP contribution in [0.15, 0.2) is 24.3 Å². The predicted molar refractivity (Wildman–Crippen MR) is 72.2 cm³/mol. The zero-order valence-corrected chi connectivity index (χ0v) is 11.1. The maximum absolute atomic E-state index is 5.70. The van der Waals surface area contributed by atoms with Crippen molar-refractivity contribution >= 4 is 0 Å². The van der Waals surface area contributed by atoms with Crippen LogP contribution in [0.5, 0.6) is 0 Å². The summed E-state index contributed by atoms with van der Waals surface area (Å²) in [4.78, 5) is 0. The Bertz CT molecular complexity index is 516. The summed E-state index contributed by atoms with van der Waals surface area (Å²) in [6.07, 6.45) is 2.06. The van der Waals surface area contributed by atoms with Gasteiger partial charge in [0.2, 0.25) is 0 Å². The fraction of sp³-hybridized carbons (Fsp3) is 0.429. The van der Waals surface area contributed by atoms with Gasteiger partial charge in [0, 0.05) is 6.54 Å². The maximum Gasteiger partial charge on any atom is 0.0994 e. The number of nitrogens with two attached hydrogens (primary N) is 1. The molecule has 1 heterocycles. The largest absolute Gasteiger partial charge is 0.325 e. The molecule has 0 atom stereocenters. The van der Waals surface area contributed by atoms with Crippen molar-refractivity contribution in [1.29, 1.82) is 0 Å². The minimum Gasteiger partial charge on any atom is -0.325 e. The van der Waals surface area contributed by atoms with Crippen molar-refractivity contribution in [3.05, 3.63) is 46.8 Å². The van der Waals surface area contributed by atoms with E-state index in [1.54, 1.807) is 0 Å². The smallest absolute Gasteiger partial charge is 0.0994 e. The van der Waals surface area contributed by atoms with E-state index in [4.69, 9.17) is 5.73 Å². The molecule has 0 aliphatic carbocycles. The second-order valence-corrected chi connectivity index (χ2v) is 4.52. The van der Waals surface area contributed by atoms with Gasteiger partial charge in [-0.2, -0.15) is 0 Å². The molecule has 0 radical (unpaired) electrons. The van der Waals surface area contributed by atoms with Crippen molar-refractivity contribution in [3.8, 4) is 0 Å². The highest BCUT2D eigenvalue weighted by atomic mass is 15.4. The summed E-state index contributed by atoms with van der Waals surface area (Å²) >= 11 is 0. The van der Waals surface area contributed by atoms with Gasteiger partial charge in [-0.15, -0.1) is 5.10 Å². The minimum absolute atomic E-state index is 0.461. The van der Waals surface area contributed by atoms with Gasteiger partial charge < -0.3 is 5.73 Å². The van der Waals surface area contributed by atoms with Crippen molar-refractivity contribution in [2.75, 3.05) is 0 Å². The first-order valence-electron chi connectivity index (χ1n) is 6.42. The number of aryl methyl sites for hydroxylation is 1. The molecule has 1 aromatic carbocycles. The molecule has 96 valence electrons. The Morgan fingerprint density at radius 2 is 2.06 bits per heavy atom. The average Bonchev–Trinajstić information content (AvgIpc) is 2.75. The quantitative estimate of drug-likeness (QED) is 0.875. The van der Waals surface area contributed by atoms with Crippen LogP contribution >= 0.6 is 0 Å². The number of rotatable bonds is 5. The van der Waals surface area contributed by atoms with Crippen LogP contribution in [-0.4, -0.2) is 15.0 Å². The van der Waals surface area contributed by atoms with Gasteiger partial charge in [0.25, 0.3) is 0 Å². The number of benzene rings is 1. The van der Waals surface area contributed by atoms with E-state index in [0.717, 1.165) is 25.1 Å². The van der Waals surface area contributed by atoms with Crippen LogP contribution in [0.2, 0.25) is 0 Å². The van der Waals surface area contributed by atoms with Crippen molar-refractivity contribution in [3.63, 3.8) is 0 Å². The molecule has 0 saturated carbocycles. The molecule has 0 bridgehead atoms. The first-order chi connectivity index (χ1) is 8.76. The lowest BCUT2D eigenvalue weighted by atomic mass is 10.1.